The minimum absolute atomic E-state index is 0.509. The quantitative estimate of drug-likeness (QED) is 0.790. The lowest BCUT2D eigenvalue weighted by atomic mass is 10.0. The Morgan fingerprint density at radius 2 is 2.00 bits per heavy atom. The molecule has 0 saturated carbocycles. The first-order chi connectivity index (χ1) is 9.79. The van der Waals surface area contributed by atoms with Crippen molar-refractivity contribution in [2.24, 2.45) is 0 Å². The predicted molar refractivity (Wildman–Crippen MR) is 78.3 cm³/mol. The van der Waals surface area contributed by atoms with Crippen LogP contribution in [-0.4, -0.2) is 19.6 Å². The summed E-state index contributed by atoms with van der Waals surface area (Å²) in [5, 5.41) is 11.5. The highest BCUT2D eigenvalue weighted by Crippen LogP contribution is 2.24. The van der Waals surface area contributed by atoms with Crippen LogP contribution in [0.2, 0.25) is 0 Å². The third-order valence-electron chi connectivity index (χ3n) is 3.56. The average Bonchev–Trinajstić information content (AvgIpc) is 2.93. The number of nitrogens with zero attached hydrogens (tertiary/aromatic N) is 3. The second kappa shape index (κ2) is 5.43. The molecule has 0 fully saturated rings. The molecule has 102 valence electrons. The third-order valence-corrected chi connectivity index (χ3v) is 3.56. The fourth-order valence-corrected chi connectivity index (χ4v) is 2.51. The van der Waals surface area contributed by atoms with Crippen molar-refractivity contribution in [3.8, 4) is 0 Å². The first-order valence-corrected chi connectivity index (χ1v) is 6.81. The summed E-state index contributed by atoms with van der Waals surface area (Å²) in [5.41, 5.74) is 1.81. The largest absolute Gasteiger partial charge is 0.388 e. The SMILES string of the molecule is CCn1ccnc1CC(O)c1ccnc2ccccc12. The number of rotatable bonds is 4. The van der Waals surface area contributed by atoms with Crippen LogP contribution in [0.25, 0.3) is 10.9 Å². The second-order valence-electron chi connectivity index (χ2n) is 4.77. The summed E-state index contributed by atoms with van der Waals surface area (Å²) in [7, 11) is 0. The number of imidazole rings is 1. The van der Waals surface area contributed by atoms with Gasteiger partial charge in [0, 0.05) is 36.9 Å². The van der Waals surface area contributed by atoms with E-state index in [2.05, 4.69) is 16.9 Å². The van der Waals surface area contributed by atoms with Crippen LogP contribution in [-0.2, 0) is 13.0 Å². The van der Waals surface area contributed by atoms with Crippen molar-refractivity contribution in [2.75, 3.05) is 0 Å². The van der Waals surface area contributed by atoms with E-state index in [1.807, 2.05) is 41.1 Å². The molecule has 1 aromatic carbocycles. The van der Waals surface area contributed by atoms with Gasteiger partial charge >= 0.3 is 0 Å². The van der Waals surface area contributed by atoms with Gasteiger partial charge in [-0.05, 0) is 24.6 Å². The van der Waals surface area contributed by atoms with E-state index in [-0.39, 0.29) is 0 Å². The molecule has 4 heteroatoms. The minimum atomic E-state index is -0.574. The summed E-state index contributed by atoms with van der Waals surface area (Å²) in [6, 6.07) is 9.75. The van der Waals surface area contributed by atoms with Gasteiger partial charge in [0.25, 0.3) is 0 Å². The fraction of sp³-hybridized carbons (Fsp3) is 0.250. The Morgan fingerprint density at radius 1 is 1.15 bits per heavy atom. The molecule has 0 spiro atoms. The Morgan fingerprint density at radius 3 is 2.85 bits per heavy atom. The summed E-state index contributed by atoms with van der Waals surface area (Å²) in [5.74, 6) is 0.904. The van der Waals surface area contributed by atoms with Crippen molar-refractivity contribution >= 4 is 10.9 Å². The number of hydrogen-bond donors (Lipinski definition) is 1. The number of aliphatic hydroxyl groups is 1. The van der Waals surface area contributed by atoms with Crippen molar-refractivity contribution in [1.82, 2.24) is 14.5 Å². The molecule has 2 heterocycles. The highest BCUT2D eigenvalue weighted by molar-refractivity contribution is 5.82. The summed E-state index contributed by atoms with van der Waals surface area (Å²) in [6.45, 7) is 2.93. The summed E-state index contributed by atoms with van der Waals surface area (Å²) >= 11 is 0. The number of benzene rings is 1. The maximum atomic E-state index is 10.5. The van der Waals surface area contributed by atoms with Gasteiger partial charge in [0.1, 0.15) is 5.82 Å². The van der Waals surface area contributed by atoms with Crippen molar-refractivity contribution < 1.29 is 5.11 Å². The van der Waals surface area contributed by atoms with E-state index >= 15 is 0 Å². The maximum Gasteiger partial charge on any atom is 0.111 e. The Labute approximate surface area is 117 Å². The van der Waals surface area contributed by atoms with E-state index in [4.69, 9.17) is 0 Å². The number of pyridine rings is 1. The molecule has 2 aromatic heterocycles. The number of aromatic nitrogens is 3. The molecular formula is C16H17N3O. The molecule has 0 saturated heterocycles. The normalized spacial score (nSPS) is 12.7. The summed E-state index contributed by atoms with van der Waals surface area (Å²) in [4.78, 5) is 8.64. The van der Waals surface area contributed by atoms with Crippen LogP contribution in [0.1, 0.15) is 24.4 Å². The van der Waals surface area contributed by atoms with Crippen LogP contribution in [0.5, 0.6) is 0 Å². The number of aryl methyl sites for hydroxylation is 1. The van der Waals surface area contributed by atoms with E-state index in [0.717, 1.165) is 28.8 Å². The monoisotopic (exact) mass is 267 g/mol. The molecule has 1 atom stereocenters. The molecule has 3 aromatic rings. The lowest BCUT2D eigenvalue weighted by Gasteiger charge is -2.14. The van der Waals surface area contributed by atoms with Gasteiger partial charge in [-0.2, -0.15) is 0 Å². The molecule has 0 aliphatic rings. The molecule has 0 amide bonds. The van der Waals surface area contributed by atoms with E-state index in [1.54, 1.807) is 12.4 Å². The van der Waals surface area contributed by atoms with Gasteiger partial charge in [-0.15, -0.1) is 0 Å². The Bertz CT molecular complexity index is 715. The van der Waals surface area contributed by atoms with Crippen LogP contribution in [0.3, 0.4) is 0 Å². The standard InChI is InChI=1S/C16H17N3O/c1-2-19-10-9-18-16(19)11-15(20)13-7-8-17-14-6-4-3-5-12(13)14/h3-10,15,20H,2,11H2,1H3. The molecule has 0 aliphatic carbocycles. The third kappa shape index (κ3) is 2.30. The Balaban J connectivity index is 1.95. The van der Waals surface area contributed by atoms with Crippen LogP contribution in [0.15, 0.2) is 48.9 Å². The molecule has 1 N–H and O–H groups in total. The maximum absolute atomic E-state index is 10.5. The zero-order valence-electron chi connectivity index (χ0n) is 11.4. The lowest BCUT2D eigenvalue weighted by Crippen LogP contribution is -2.08. The summed E-state index contributed by atoms with van der Waals surface area (Å²) in [6.07, 6.45) is 5.39. The van der Waals surface area contributed by atoms with E-state index in [1.165, 1.54) is 0 Å². The molecule has 1 unspecified atom stereocenters. The zero-order chi connectivity index (χ0) is 13.9. The Hall–Kier alpha value is -2.20. The average molecular weight is 267 g/mol. The van der Waals surface area contributed by atoms with E-state index < -0.39 is 6.10 Å². The second-order valence-corrected chi connectivity index (χ2v) is 4.77. The smallest absolute Gasteiger partial charge is 0.111 e. The lowest BCUT2D eigenvalue weighted by molar-refractivity contribution is 0.176. The van der Waals surface area contributed by atoms with Gasteiger partial charge < -0.3 is 9.67 Å². The van der Waals surface area contributed by atoms with E-state index in [0.29, 0.717) is 6.42 Å². The van der Waals surface area contributed by atoms with Crippen LogP contribution < -0.4 is 0 Å². The molecule has 3 rings (SSSR count). The van der Waals surface area contributed by atoms with Crippen molar-refractivity contribution in [1.29, 1.82) is 0 Å². The van der Waals surface area contributed by atoms with Crippen molar-refractivity contribution in [3.05, 3.63) is 60.3 Å². The van der Waals surface area contributed by atoms with Crippen molar-refractivity contribution in [3.63, 3.8) is 0 Å². The first-order valence-electron chi connectivity index (χ1n) is 6.81. The molecular weight excluding hydrogens is 250 g/mol. The number of aliphatic hydroxyl groups excluding tert-OH is 1. The first kappa shape index (κ1) is 12.8. The van der Waals surface area contributed by atoms with Gasteiger partial charge in [-0.3, -0.25) is 4.98 Å². The summed E-state index contributed by atoms with van der Waals surface area (Å²) < 4.78 is 2.05. The molecule has 0 bridgehead atoms. The molecule has 0 aliphatic heterocycles. The van der Waals surface area contributed by atoms with Crippen LogP contribution >= 0.6 is 0 Å². The van der Waals surface area contributed by atoms with E-state index in [9.17, 15) is 5.11 Å². The highest BCUT2D eigenvalue weighted by atomic mass is 16.3. The number of hydrogen-bond acceptors (Lipinski definition) is 3. The number of fused-ring (bicyclic) bond motifs is 1. The minimum Gasteiger partial charge on any atom is -0.388 e. The molecule has 0 radical (unpaired) electrons. The topological polar surface area (TPSA) is 50.9 Å². The van der Waals surface area contributed by atoms with Crippen LogP contribution in [0.4, 0.5) is 0 Å². The predicted octanol–water partition coefficient (Wildman–Crippen LogP) is 2.73. The van der Waals surface area contributed by atoms with Gasteiger partial charge in [0.05, 0.1) is 11.6 Å². The molecule has 4 nitrogen and oxygen atoms in total. The van der Waals surface area contributed by atoms with Gasteiger partial charge in [0.15, 0.2) is 0 Å². The van der Waals surface area contributed by atoms with Gasteiger partial charge in [-0.25, -0.2) is 4.98 Å². The van der Waals surface area contributed by atoms with Gasteiger partial charge in [-0.1, -0.05) is 18.2 Å². The van der Waals surface area contributed by atoms with Crippen molar-refractivity contribution in [2.45, 2.75) is 26.0 Å². The zero-order valence-corrected chi connectivity index (χ0v) is 11.4. The number of para-hydroxylation sites is 1. The van der Waals surface area contributed by atoms with Gasteiger partial charge in [0.2, 0.25) is 0 Å². The van der Waals surface area contributed by atoms with Crippen LogP contribution in [0, 0.1) is 0 Å². The molecule has 20 heavy (non-hydrogen) atoms. The highest BCUT2D eigenvalue weighted by Gasteiger charge is 2.14. The Kier molecular flexibility index (Phi) is 3.48. The fourth-order valence-electron chi connectivity index (χ4n) is 2.51.